The quantitative estimate of drug-likeness (QED) is 0.685. The zero-order chi connectivity index (χ0) is 19.0. The number of aromatic hydroxyl groups is 1. The van der Waals surface area contributed by atoms with Crippen molar-refractivity contribution in [3.63, 3.8) is 0 Å². The normalized spacial score (nSPS) is 18.1. The Morgan fingerprint density at radius 1 is 1.19 bits per heavy atom. The maximum Gasteiger partial charge on any atom is 0.344 e. The molecule has 0 bridgehead atoms. The molecule has 0 aliphatic carbocycles. The third-order valence-corrected chi connectivity index (χ3v) is 5.60. The fourth-order valence-corrected chi connectivity index (χ4v) is 4.21. The van der Waals surface area contributed by atoms with Crippen molar-refractivity contribution in [2.75, 3.05) is 13.1 Å². The molecule has 4 heteroatoms. The third kappa shape index (κ3) is 3.37. The molecule has 2 heterocycles. The predicted octanol–water partition coefficient (Wildman–Crippen LogP) is 4.71. The van der Waals surface area contributed by atoms with Gasteiger partial charge in [-0.25, -0.2) is 4.79 Å². The first-order chi connectivity index (χ1) is 13.0. The van der Waals surface area contributed by atoms with Gasteiger partial charge in [-0.05, 0) is 55.5 Å². The minimum atomic E-state index is -0.356. The number of likely N-dealkylation sites (tertiary alicyclic amines) is 1. The van der Waals surface area contributed by atoms with Gasteiger partial charge in [0.05, 0.1) is 11.1 Å². The molecule has 1 aliphatic heterocycles. The van der Waals surface area contributed by atoms with E-state index in [0.717, 1.165) is 36.0 Å². The molecule has 1 fully saturated rings. The van der Waals surface area contributed by atoms with Crippen LogP contribution in [0.3, 0.4) is 0 Å². The first-order valence-corrected chi connectivity index (χ1v) is 9.60. The smallest absolute Gasteiger partial charge is 0.344 e. The fourth-order valence-electron chi connectivity index (χ4n) is 4.21. The Kier molecular flexibility index (Phi) is 4.75. The average Bonchev–Trinajstić information content (AvgIpc) is 2.65. The number of nitrogens with zero attached hydrogens (tertiary/aromatic N) is 1. The molecule has 4 nitrogen and oxygen atoms in total. The van der Waals surface area contributed by atoms with Crippen LogP contribution in [0.4, 0.5) is 0 Å². The van der Waals surface area contributed by atoms with Crippen LogP contribution >= 0.6 is 0 Å². The summed E-state index contributed by atoms with van der Waals surface area (Å²) in [7, 11) is 0. The maximum atomic E-state index is 12.8. The fraction of sp³-hybridized carbons (Fsp3) is 0.348. The molecule has 1 aliphatic rings. The summed E-state index contributed by atoms with van der Waals surface area (Å²) in [4.78, 5) is 15.1. The Balaban J connectivity index is 1.84. The number of aryl methyl sites for hydroxylation is 1. The van der Waals surface area contributed by atoms with Crippen molar-refractivity contribution in [3.05, 3.63) is 64.0 Å². The molecular formula is C23H25NO3. The highest BCUT2D eigenvalue weighted by Crippen LogP contribution is 2.33. The number of phenols is 1. The molecule has 1 atom stereocenters. The topological polar surface area (TPSA) is 53.7 Å². The van der Waals surface area contributed by atoms with Gasteiger partial charge in [-0.15, -0.1) is 0 Å². The molecule has 0 amide bonds. The minimum absolute atomic E-state index is 0.190. The summed E-state index contributed by atoms with van der Waals surface area (Å²) in [5.41, 5.74) is 3.19. The third-order valence-electron chi connectivity index (χ3n) is 5.60. The molecule has 1 aromatic heterocycles. The first kappa shape index (κ1) is 17.8. The van der Waals surface area contributed by atoms with E-state index in [9.17, 15) is 9.90 Å². The number of fused-ring (bicyclic) bond motifs is 1. The molecule has 27 heavy (non-hydrogen) atoms. The van der Waals surface area contributed by atoms with Crippen molar-refractivity contribution < 1.29 is 9.52 Å². The van der Waals surface area contributed by atoms with Gasteiger partial charge in [-0.3, -0.25) is 4.90 Å². The molecule has 0 unspecified atom stereocenters. The van der Waals surface area contributed by atoms with Gasteiger partial charge >= 0.3 is 5.63 Å². The van der Waals surface area contributed by atoms with E-state index in [4.69, 9.17) is 4.42 Å². The van der Waals surface area contributed by atoms with E-state index >= 15 is 0 Å². The number of benzene rings is 2. The zero-order valence-electron chi connectivity index (χ0n) is 15.9. The van der Waals surface area contributed by atoms with E-state index in [2.05, 4.69) is 11.8 Å². The first-order valence-electron chi connectivity index (χ1n) is 9.60. The van der Waals surface area contributed by atoms with E-state index in [1.165, 1.54) is 6.42 Å². The van der Waals surface area contributed by atoms with Crippen molar-refractivity contribution >= 4 is 11.0 Å². The molecule has 4 rings (SSSR count). The second kappa shape index (κ2) is 7.20. The monoisotopic (exact) mass is 363 g/mol. The molecule has 0 radical (unpaired) electrons. The van der Waals surface area contributed by atoms with Crippen LogP contribution in [-0.2, 0) is 6.54 Å². The van der Waals surface area contributed by atoms with Gasteiger partial charge in [0.25, 0.3) is 0 Å². The number of rotatable bonds is 3. The predicted molar refractivity (Wildman–Crippen MR) is 108 cm³/mol. The van der Waals surface area contributed by atoms with Crippen LogP contribution in [0.25, 0.3) is 22.1 Å². The standard InChI is InChI=1S/C23H25NO3/c1-15-7-6-12-24(13-15)14-19-20(25)11-10-18-16(2)21(23(26)27-22(18)19)17-8-4-3-5-9-17/h3-5,8-11,15,25H,6-7,12-14H2,1-2H3/t15-/m0/s1. The van der Waals surface area contributed by atoms with Crippen molar-refractivity contribution in [1.29, 1.82) is 0 Å². The van der Waals surface area contributed by atoms with Crippen molar-refractivity contribution in [2.24, 2.45) is 5.92 Å². The van der Waals surface area contributed by atoms with Crippen LogP contribution in [0, 0.1) is 12.8 Å². The lowest BCUT2D eigenvalue weighted by Gasteiger charge is -2.31. The lowest BCUT2D eigenvalue weighted by molar-refractivity contribution is 0.175. The second-order valence-electron chi connectivity index (χ2n) is 7.68. The highest BCUT2D eigenvalue weighted by Gasteiger charge is 2.22. The van der Waals surface area contributed by atoms with Crippen molar-refractivity contribution in [3.8, 4) is 16.9 Å². The largest absolute Gasteiger partial charge is 0.507 e. The lowest BCUT2D eigenvalue weighted by Crippen LogP contribution is -2.33. The van der Waals surface area contributed by atoms with Crippen molar-refractivity contribution in [2.45, 2.75) is 33.2 Å². The van der Waals surface area contributed by atoms with Gasteiger partial charge in [0, 0.05) is 18.5 Å². The SMILES string of the molecule is Cc1c(-c2ccccc2)c(=O)oc2c(CN3CCC[C@H](C)C3)c(O)ccc12. The van der Waals surface area contributed by atoms with E-state index < -0.39 is 0 Å². The van der Waals surface area contributed by atoms with Crippen LogP contribution in [0.1, 0.15) is 30.9 Å². The molecule has 140 valence electrons. The Morgan fingerprint density at radius 3 is 2.70 bits per heavy atom. The Labute approximate surface area is 159 Å². The van der Waals surface area contributed by atoms with Gasteiger partial charge in [-0.1, -0.05) is 37.3 Å². The highest BCUT2D eigenvalue weighted by molar-refractivity contribution is 5.89. The highest BCUT2D eigenvalue weighted by atomic mass is 16.4. The summed E-state index contributed by atoms with van der Waals surface area (Å²) in [5, 5.41) is 11.4. The molecular weight excluding hydrogens is 338 g/mol. The Bertz CT molecular complexity index is 1020. The molecule has 2 aromatic carbocycles. The maximum absolute atomic E-state index is 12.8. The second-order valence-corrected chi connectivity index (χ2v) is 7.68. The van der Waals surface area contributed by atoms with Crippen LogP contribution in [0.15, 0.2) is 51.7 Å². The van der Waals surface area contributed by atoms with Crippen LogP contribution < -0.4 is 5.63 Å². The van der Waals surface area contributed by atoms with E-state index in [1.807, 2.05) is 43.3 Å². The van der Waals surface area contributed by atoms with Gasteiger partial charge in [0.15, 0.2) is 0 Å². The summed E-state index contributed by atoms with van der Waals surface area (Å²) in [6, 6.07) is 13.2. The molecule has 1 saturated heterocycles. The number of phenolic OH excluding ortho intramolecular Hbond substituents is 1. The van der Waals surface area contributed by atoms with Gasteiger partial charge in [0.1, 0.15) is 11.3 Å². The average molecular weight is 363 g/mol. The summed E-state index contributed by atoms with van der Waals surface area (Å²) in [6.07, 6.45) is 2.40. The van der Waals surface area contributed by atoms with E-state index in [-0.39, 0.29) is 11.4 Å². The van der Waals surface area contributed by atoms with E-state index in [1.54, 1.807) is 6.07 Å². The number of hydrogen-bond donors (Lipinski definition) is 1. The summed E-state index contributed by atoms with van der Waals surface area (Å²) < 4.78 is 5.77. The molecule has 0 spiro atoms. The molecule has 1 N–H and O–H groups in total. The van der Waals surface area contributed by atoms with Gasteiger partial charge < -0.3 is 9.52 Å². The minimum Gasteiger partial charge on any atom is -0.507 e. The number of piperidine rings is 1. The van der Waals surface area contributed by atoms with Gasteiger partial charge in [0.2, 0.25) is 0 Å². The summed E-state index contributed by atoms with van der Waals surface area (Å²) in [6.45, 7) is 6.81. The zero-order valence-corrected chi connectivity index (χ0v) is 15.9. The summed E-state index contributed by atoms with van der Waals surface area (Å²) >= 11 is 0. The van der Waals surface area contributed by atoms with Crippen LogP contribution in [-0.4, -0.2) is 23.1 Å². The molecule has 0 saturated carbocycles. The van der Waals surface area contributed by atoms with E-state index in [0.29, 0.717) is 29.2 Å². The Morgan fingerprint density at radius 2 is 1.96 bits per heavy atom. The Hall–Kier alpha value is -2.59. The van der Waals surface area contributed by atoms with Gasteiger partial charge in [-0.2, -0.15) is 0 Å². The number of hydrogen-bond acceptors (Lipinski definition) is 4. The van der Waals surface area contributed by atoms with Crippen LogP contribution in [0.2, 0.25) is 0 Å². The van der Waals surface area contributed by atoms with Crippen LogP contribution in [0.5, 0.6) is 5.75 Å². The van der Waals surface area contributed by atoms with Crippen molar-refractivity contribution in [1.82, 2.24) is 4.90 Å². The lowest BCUT2D eigenvalue weighted by atomic mass is 9.97. The molecule has 3 aromatic rings. The summed E-state index contributed by atoms with van der Waals surface area (Å²) in [5.74, 6) is 0.838.